The molecule has 0 heterocycles. The summed E-state index contributed by atoms with van der Waals surface area (Å²) in [5.41, 5.74) is -0.0416. The lowest BCUT2D eigenvalue weighted by atomic mass is 10.3. The third-order valence-electron chi connectivity index (χ3n) is 2.36. The lowest BCUT2D eigenvalue weighted by Gasteiger charge is -2.09. The highest BCUT2D eigenvalue weighted by molar-refractivity contribution is 7.92. The van der Waals surface area contributed by atoms with E-state index in [1.54, 1.807) is 0 Å². The summed E-state index contributed by atoms with van der Waals surface area (Å²) in [6, 6.07) is 5.18. The average Bonchev–Trinajstić information content (AvgIpc) is 2.33. The summed E-state index contributed by atoms with van der Waals surface area (Å²) in [5.74, 6) is -2.85. The second-order valence-electron chi connectivity index (χ2n) is 3.81. The lowest BCUT2D eigenvalue weighted by molar-refractivity contribution is 0.551. The Morgan fingerprint density at radius 2 is 1.65 bits per heavy atom. The van der Waals surface area contributed by atoms with Crippen molar-refractivity contribution in [3.63, 3.8) is 0 Å². The molecule has 0 fully saturated rings. The van der Waals surface area contributed by atoms with Crippen LogP contribution in [0.2, 0.25) is 5.02 Å². The molecule has 0 bridgehead atoms. The van der Waals surface area contributed by atoms with Gasteiger partial charge in [0.05, 0.1) is 10.7 Å². The summed E-state index contributed by atoms with van der Waals surface area (Å²) >= 11 is 5.51. The van der Waals surface area contributed by atoms with Crippen LogP contribution in [0.25, 0.3) is 0 Å². The van der Waals surface area contributed by atoms with Gasteiger partial charge in [-0.1, -0.05) is 11.6 Å². The Balaban J connectivity index is 2.38. The molecule has 20 heavy (non-hydrogen) atoms. The van der Waals surface area contributed by atoms with E-state index in [9.17, 15) is 21.6 Å². The number of sulfonamides is 1. The molecule has 2 rings (SSSR count). The molecule has 3 nitrogen and oxygen atoms in total. The van der Waals surface area contributed by atoms with Crippen molar-refractivity contribution < 1.29 is 21.6 Å². The van der Waals surface area contributed by atoms with Crippen molar-refractivity contribution in [3.8, 4) is 0 Å². The monoisotopic (exact) mass is 321 g/mol. The molecule has 0 unspecified atom stereocenters. The van der Waals surface area contributed by atoms with E-state index in [0.29, 0.717) is 6.07 Å². The van der Waals surface area contributed by atoms with Crippen LogP contribution in [0.3, 0.4) is 0 Å². The van der Waals surface area contributed by atoms with Crippen molar-refractivity contribution in [2.24, 2.45) is 0 Å². The van der Waals surface area contributed by atoms with Gasteiger partial charge in [0.15, 0.2) is 0 Å². The van der Waals surface area contributed by atoms with E-state index in [1.807, 2.05) is 4.72 Å². The molecule has 8 heteroatoms. The van der Waals surface area contributed by atoms with Gasteiger partial charge in [0.2, 0.25) is 0 Å². The predicted molar refractivity (Wildman–Crippen MR) is 68.6 cm³/mol. The molecule has 0 aromatic heterocycles. The SMILES string of the molecule is O=S(=O)(Nc1ccc(F)c(Cl)c1)c1ccc(F)cc1F. The van der Waals surface area contributed by atoms with Gasteiger partial charge < -0.3 is 0 Å². The summed E-state index contributed by atoms with van der Waals surface area (Å²) in [6.07, 6.45) is 0. The van der Waals surface area contributed by atoms with Crippen LogP contribution in [-0.2, 0) is 10.0 Å². The molecular weight excluding hydrogens is 315 g/mol. The van der Waals surface area contributed by atoms with E-state index in [0.717, 1.165) is 30.3 Å². The maximum atomic E-state index is 13.4. The van der Waals surface area contributed by atoms with Crippen LogP contribution in [-0.4, -0.2) is 8.42 Å². The standard InChI is InChI=1S/C12H7ClF3NO2S/c13-9-6-8(2-3-10(9)15)17-20(18,19)12-4-1-7(14)5-11(12)16/h1-6,17H. The Kier molecular flexibility index (Phi) is 3.92. The summed E-state index contributed by atoms with van der Waals surface area (Å²) in [5, 5.41) is -0.287. The zero-order valence-electron chi connectivity index (χ0n) is 9.70. The molecular formula is C12H7ClF3NO2S. The van der Waals surface area contributed by atoms with Gasteiger partial charge in [0.25, 0.3) is 10.0 Å². The van der Waals surface area contributed by atoms with Crippen molar-refractivity contribution in [2.75, 3.05) is 4.72 Å². The number of halogens is 4. The van der Waals surface area contributed by atoms with Crippen molar-refractivity contribution in [3.05, 3.63) is 58.9 Å². The van der Waals surface area contributed by atoms with E-state index < -0.39 is 32.4 Å². The first kappa shape index (κ1) is 14.7. The molecule has 0 aliphatic rings. The fourth-order valence-corrected chi connectivity index (χ4v) is 2.75. The minimum Gasteiger partial charge on any atom is -0.279 e. The number of nitrogens with one attached hydrogen (secondary N) is 1. The van der Waals surface area contributed by atoms with Gasteiger partial charge in [0, 0.05) is 6.07 Å². The number of rotatable bonds is 3. The molecule has 0 atom stereocenters. The summed E-state index contributed by atoms with van der Waals surface area (Å²) < 4.78 is 65.0. The molecule has 0 aliphatic heterocycles. The summed E-state index contributed by atoms with van der Waals surface area (Å²) in [6.45, 7) is 0. The average molecular weight is 322 g/mol. The van der Waals surface area contributed by atoms with Crippen LogP contribution in [0, 0.1) is 17.5 Å². The molecule has 0 spiro atoms. The van der Waals surface area contributed by atoms with E-state index in [-0.39, 0.29) is 10.7 Å². The minimum absolute atomic E-state index is 0.0416. The van der Waals surface area contributed by atoms with Crippen LogP contribution in [0.5, 0.6) is 0 Å². The van der Waals surface area contributed by atoms with Crippen molar-refractivity contribution in [1.82, 2.24) is 0 Å². The molecule has 0 saturated carbocycles. The van der Waals surface area contributed by atoms with Gasteiger partial charge in [-0.2, -0.15) is 0 Å². The largest absolute Gasteiger partial charge is 0.279 e. The Morgan fingerprint density at radius 3 is 2.25 bits per heavy atom. The summed E-state index contributed by atoms with van der Waals surface area (Å²) in [4.78, 5) is -0.723. The summed E-state index contributed by atoms with van der Waals surface area (Å²) in [7, 11) is -4.26. The molecule has 106 valence electrons. The zero-order chi connectivity index (χ0) is 14.9. The van der Waals surface area contributed by atoms with E-state index in [4.69, 9.17) is 11.6 Å². The first-order valence-corrected chi connectivity index (χ1v) is 7.08. The number of hydrogen-bond acceptors (Lipinski definition) is 2. The third kappa shape index (κ3) is 3.05. The fourth-order valence-electron chi connectivity index (χ4n) is 1.46. The lowest BCUT2D eigenvalue weighted by Crippen LogP contribution is -2.14. The molecule has 0 radical (unpaired) electrons. The predicted octanol–water partition coefficient (Wildman–Crippen LogP) is 3.56. The molecule has 2 aromatic carbocycles. The van der Waals surface area contributed by atoms with Crippen LogP contribution in [0.1, 0.15) is 0 Å². The Bertz CT molecular complexity index is 765. The maximum absolute atomic E-state index is 13.4. The topological polar surface area (TPSA) is 46.2 Å². The number of benzene rings is 2. The molecule has 1 N–H and O–H groups in total. The first-order valence-electron chi connectivity index (χ1n) is 5.22. The fraction of sp³-hybridized carbons (Fsp3) is 0. The van der Waals surface area contributed by atoms with Gasteiger partial charge in [-0.05, 0) is 30.3 Å². The zero-order valence-corrected chi connectivity index (χ0v) is 11.3. The third-order valence-corrected chi connectivity index (χ3v) is 4.06. The van der Waals surface area contributed by atoms with Crippen LogP contribution >= 0.6 is 11.6 Å². The van der Waals surface area contributed by atoms with Crippen molar-refractivity contribution >= 4 is 27.3 Å². The Labute approximate surface area is 118 Å². The van der Waals surface area contributed by atoms with Gasteiger partial charge in [-0.15, -0.1) is 0 Å². The van der Waals surface area contributed by atoms with Gasteiger partial charge in [0.1, 0.15) is 22.3 Å². The quantitative estimate of drug-likeness (QED) is 0.939. The van der Waals surface area contributed by atoms with Crippen molar-refractivity contribution in [1.29, 1.82) is 0 Å². The van der Waals surface area contributed by atoms with Crippen molar-refractivity contribution in [2.45, 2.75) is 4.90 Å². The highest BCUT2D eigenvalue weighted by Crippen LogP contribution is 2.23. The van der Waals surface area contributed by atoms with Crippen LogP contribution in [0.4, 0.5) is 18.9 Å². The number of anilines is 1. The van der Waals surface area contributed by atoms with Gasteiger partial charge in [-0.3, -0.25) is 4.72 Å². The molecule has 2 aromatic rings. The second-order valence-corrected chi connectivity index (χ2v) is 5.87. The van der Waals surface area contributed by atoms with E-state index in [1.165, 1.54) is 0 Å². The highest BCUT2D eigenvalue weighted by atomic mass is 35.5. The maximum Gasteiger partial charge on any atom is 0.264 e. The normalized spacial score (nSPS) is 11.4. The van der Waals surface area contributed by atoms with E-state index in [2.05, 4.69) is 0 Å². The van der Waals surface area contributed by atoms with Gasteiger partial charge >= 0.3 is 0 Å². The van der Waals surface area contributed by atoms with Gasteiger partial charge in [-0.25, -0.2) is 21.6 Å². The Morgan fingerprint density at radius 1 is 0.950 bits per heavy atom. The minimum atomic E-state index is -4.26. The highest BCUT2D eigenvalue weighted by Gasteiger charge is 2.20. The smallest absolute Gasteiger partial charge is 0.264 e. The first-order chi connectivity index (χ1) is 9.29. The van der Waals surface area contributed by atoms with Crippen LogP contribution < -0.4 is 4.72 Å². The van der Waals surface area contributed by atoms with Crippen LogP contribution in [0.15, 0.2) is 41.3 Å². The molecule has 0 aliphatic carbocycles. The number of hydrogen-bond donors (Lipinski definition) is 1. The molecule has 0 amide bonds. The molecule has 0 saturated heterocycles. The van der Waals surface area contributed by atoms with E-state index >= 15 is 0 Å². The second kappa shape index (κ2) is 5.34. The Hall–Kier alpha value is -1.73.